The summed E-state index contributed by atoms with van der Waals surface area (Å²) in [6.07, 6.45) is 0. The van der Waals surface area contributed by atoms with E-state index in [1.807, 2.05) is 67.1 Å². The third kappa shape index (κ3) is 4.49. The summed E-state index contributed by atoms with van der Waals surface area (Å²) < 4.78 is 1.87. The molecule has 0 bridgehead atoms. The second-order valence-electron chi connectivity index (χ2n) is 7.46. The normalized spacial score (nSPS) is 12.2. The number of quaternary nitrogens is 1. The zero-order valence-electron chi connectivity index (χ0n) is 17.0. The van der Waals surface area contributed by atoms with Crippen molar-refractivity contribution in [3.63, 3.8) is 0 Å². The molecule has 0 saturated carbocycles. The van der Waals surface area contributed by atoms with Crippen LogP contribution in [0, 0.1) is 19.8 Å². The largest absolute Gasteiger partial charge is 0.332 e. The molecule has 0 radical (unpaired) electrons. The monoisotopic (exact) mass is 377 g/mol. The summed E-state index contributed by atoms with van der Waals surface area (Å²) in [5, 5.41) is 9.77. The van der Waals surface area contributed by atoms with E-state index >= 15 is 0 Å². The first-order valence-electron chi connectivity index (χ1n) is 9.77. The standard InChI is InChI=1S/C23H28N4O/c1-16(2)22(19-11-7-5-8-12-19)24-15-21(28)25-23-17(3)26-27(18(23)4)20-13-9-6-10-14-20/h5-14,16,22,24H,15H2,1-4H3,(H,25,28)/p+1/t22-/m1/s1. The lowest BCUT2D eigenvalue weighted by Gasteiger charge is -2.19. The van der Waals surface area contributed by atoms with Crippen molar-refractivity contribution in [3.05, 3.63) is 77.6 Å². The number of aryl methyl sites for hydroxylation is 1. The smallest absolute Gasteiger partial charge is 0.279 e. The number of carbonyl (C=O) groups excluding carboxylic acids is 1. The molecule has 28 heavy (non-hydrogen) atoms. The highest BCUT2D eigenvalue weighted by molar-refractivity contribution is 5.92. The highest BCUT2D eigenvalue weighted by Crippen LogP contribution is 2.22. The molecule has 3 N–H and O–H groups in total. The van der Waals surface area contributed by atoms with Crippen molar-refractivity contribution < 1.29 is 10.1 Å². The summed E-state index contributed by atoms with van der Waals surface area (Å²) in [7, 11) is 0. The maximum absolute atomic E-state index is 12.6. The molecule has 1 aromatic heterocycles. The van der Waals surface area contributed by atoms with E-state index in [1.165, 1.54) is 5.56 Å². The number of benzene rings is 2. The van der Waals surface area contributed by atoms with Crippen LogP contribution in [-0.2, 0) is 4.79 Å². The van der Waals surface area contributed by atoms with Crippen molar-refractivity contribution in [3.8, 4) is 5.69 Å². The SMILES string of the molecule is Cc1nn(-c2ccccc2)c(C)c1NC(=O)C[NH2+][C@@H](c1ccccc1)C(C)C. The van der Waals surface area contributed by atoms with Crippen molar-refractivity contribution in [1.29, 1.82) is 0 Å². The van der Waals surface area contributed by atoms with Gasteiger partial charge in [-0.25, -0.2) is 4.68 Å². The van der Waals surface area contributed by atoms with E-state index in [0.717, 1.165) is 22.8 Å². The molecule has 0 saturated heterocycles. The minimum Gasteiger partial charge on any atom is -0.332 e. The van der Waals surface area contributed by atoms with Crippen LogP contribution in [0.5, 0.6) is 0 Å². The van der Waals surface area contributed by atoms with Gasteiger partial charge in [0.15, 0.2) is 6.54 Å². The van der Waals surface area contributed by atoms with Crippen molar-refractivity contribution >= 4 is 11.6 Å². The molecule has 1 heterocycles. The first-order chi connectivity index (χ1) is 13.5. The zero-order chi connectivity index (χ0) is 20.1. The van der Waals surface area contributed by atoms with E-state index in [9.17, 15) is 4.79 Å². The Bertz CT molecular complexity index is 917. The Morgan fingerprint density at radius 1 is 1.04 bits per heavy atom. The molecule has 0 unspecified atom stereocenters. The predicted octanol–water partition coefficient (Wildman–Crippen LogP) is 3.39. The van der Waals surface area contributed by atoms with Crippen LogP contribution in [0.2, 0.25) is 0 Å². The van der Waals surface area contributed by atoms with Gasteiger partial charge in [0.1, 0.15) is 6.04 Å². The van der Waals surface area contributed by atoms with Gasteiger partial charge in [0, 0.05) is 11.5 Å². The second-order valence-corrected chi connectivity index (χ2v) is 7.46. The molecule has 0 fully saturated rings. The third-order valence-corrected chi connectivity index (χ3v) is 5.02. The number of para-hydroxylation sites is 1. The van der Waals surface area contributed by atoms with Gasteiger partial charge < -0.3 is 10.6 Å². The van der Waals surface area contributed by atoms with E-state index in [0.29, 0.717) is 12.5 Å². The lowest BCUT2D eigenvalue weighted by Crippen LogP contribution is -2.88. The number of amides is 1. The number of rotatable bonds is 7. The Kier molecular flexibility index (Phi) is 6.26. The molecule has 5 heteroatoms. The first kappa shape index (κ1) is 19.8. The Morgan fingerprint density at radius 3 is 2.25 bits per heavy atom. The van der Waals surface area contributed by atoms with Crippen LogP contribution in [0.3, 0.4) is 0 Å². The number of hydrogen-bond donors (Lipinski definition) is 2. The minimum atomic E-state index is -0.0135. The molecule has 3 rings (SSSR count). The van der Waals surface area contributed by atoms with Gasteiger partial charge >= 0.3 is 0 Å². The fraction of sp³-hybridized carbons (Fsp3) is 0.304. The summed E-state index contributed by atoms with van der Waals surface area (Å²) in [6.45, 7) is 8.64. The van der Waals surface area contributed by atoms with Gasteiger partial charge in [-0.1, -0.05) is 62.4 Å². The highest BCUT2D eigenvalue weighted by Gasteiger charge is 2.21. The molecule has 0 aliphatic heterocycles. The van der Waals surface area contributed by atoms with E-state index in [-0.39, 0.29) is 11.9 Å². The lowest BCUT2D eigenvalue weighted by molar-refractivity contribution is -0.692. The Morgan fingerprint density at radius 2 is 1.64 bits per heavy atom. The number of nitrogens with two attached hydrogens (primary N) is 1. The molecule has 1 amide bonds. The average molecular weight is 378 g/mol. The maximum atomic E-state index is 12.6. The maximum Gasteiger partial charge on any atom is 0.279 e. The molecule has 0 spiro atoms. The fourth-order valence-electron chi connectivity index (χ4n) is 3.54. The third-order valence-electron chi connectivity index (χ3n) is 5.02. The Labute approximate surface area is 166 Å². The molecular formula is C23H29N4O+. The van der Waals surface area contributed by atoms with Crippen LogP contribution in [-0.4, -0.2) is 22.2 Å². The van der Waals surface area contributed by atoms with E-state index < -0.39 is 0 Å². The molecule has 3 aromatic rings. The van der Waals surface area contributed by atoms with Gasteiger partial charge in [-0.3, -0.25) is 4.79 Å². The lowest BCUT2D eigenvalue weighted by atomic mass is 9.96. The topological polar surface area (TPSA) is 63.5 Å². The highest BCUT2D eigenvalue weighted by atomic mass is 16.1. The first-order valence-corrected chi connectivity index (χ1v) is 9.77. The zero-order valence-corrected chi connectivity index (χ0v) is 17.0. The van der Waals surface area contributed by atoms with Crippen LogP contribution in [0.4, 0.5) is 5.69 Å². The summed E-state index contributed by atoms with van der Waals surface area (Å²) >= 11 is 0. The number of nitrogens with one attached hydrogen (secondary N) is 1. The summed E-state index contributed by atoms with van der Waals surface area (Å²) in [5.41, 5.74) is 4.77. The molecule has 0 aliphatic carbocycles. The van der Waals surface area contributed by atoms with Crippen molar-refractivity contribution in [1.82, 2.24) is 9.78 Å². The molecule has 5 nitrogen and oxygen atoms in total. The van der Waals surface area contributed by atoms with Crippen LogP contribution < -0.4 is 10.6 Å². The van der Waals surface area contributed by atoms with Gasteiger partial charge in [0.25, 0.3) is 5.91 Å². The van der Waals surface area contributed by atoms with E-state index in [2.05, 4.69) is 41.7 Å². The van der Waals surface area contributed by atoms with Crippen LogP contribution in [0.25, 0.3) is 5.69 Å². The van der Waals surface area contributed by atoms with Crippen molar-refractivity contribution in [2.45, 2.75) is 33.7 Å². The number of carbonyl (C=O) groups is 1. The summed E-state index contributed by atoms with van der Waals surface area (Å²) in [4.78, 5) is 12.6. The number of nitrogens with zero attached hydrogens (tertiary/aromatic N) is 2. The molecule has 1 atom stereocenters. The Hall–Kier alpha value is -2.92. The molecule has 146 valence electrons. The van der Waals surface area contributed by atoms with Crippen LogP contribution in [0.1, 0.15) is 36.8 Å². The molecule has 2 aromatic carbocycles. The van der Waals surface area contributed by atoms with Crippen LogP contribution >= 0.6 is 0 Å². The minimum absolute atomic E-state index is 0.0135. The van der Waals surface area contributed by atoms with Crippen LogP contribution in [0.15, 0.2) is 60.7 Å². The number of aromatic nitrogens is 2. The number of hydrogen-bond acceptors (Lipinski definition) is 2. The van der Waals surface area contributed by atoms with Crippen molar-refractivity contribution in [2.24, 2.45) is 5.92 Å². The predicted molar refractivity (Wildman–Crippen MR) is 112 cm³/mol. The quantitative estimate of drug-likeness (QED) is 0.663. The molecule has 0 aliphatic rings. The Balaban J connectivity index is 1.69. The van der Waals surface area contributed by atoms with Gasteiger partial charge in [-0.05, 0) is 26.0 Å². The second kappa shape index (κ2) is 8.85. The van der Waals surface area contributed by atoms with E-state index in [4.69, 9.17) is 0 Å². The van der Waals surface area contributed by atoms with Crippen molar-refractivity contribution in [2.75, 3.05) is 11.9 Å². The summed E-state index contributed by atoms with van der Waals surface area (Å²) in [5.74, 6) is 0.417. The van der Waals surface area contributed by atoms with Gasteiger partial charge in [-0.2, -0.15) is 5.10 Å². The number of anilines is 1. The van der Waals surface area contributed by atoms with E-state index in [1.54, 1.807) is 0 Å². The fourth-order valence-corrected chi connectivity index (χ4v) is 3.54. The van der Waals surface area contributed by atoms with Gasteiger partial charge in [0.2, 0.25) is 0 Å². The average Bonchev–Trinajstić information content (AvgIpc) is 2.97. The summed E-state index contributed by atoms with van der Waals surface area (Å²) in [6, 6.07) is 20.6. The molecular weight excluding hydrogens is 348 g/mol. The van der Waals surface area contributed by atoms with Gasteiger partial charge in [-0.15, -0.1) is 0 Å². The van der Waals surface area contributed by atoms with Gasteiger partial charge in [0.05, 0.1) is 22.8 Å².